The molecular weight excluding hydrogens is 619 g/mol. The lowest BCUT2D eigenvalue weighted by Gasteiger charge is -2.18. The van der Waals surface area contributed by atoms with Gasteiger partial charge < -0.3 is 24.4 Å². The Morgan fingerprint density at radius 1 is 0.617 bits per heavy atom. The standard InChI is InChI=1S/C37H65O9P/c1-33(2)27-23-19-15-13-14-17-21-25-29-36(39)44-31-35(32-45-47(41,42)43)46-37(40)30-26-22-18-12-10-8-6-4-5-7-9-11-16-20-24-28-34(3)38/h5-8,11-12,16,18,33-35,38H,4,9-10,13-15,17,19-32H2,1-3H3,(H2,41,42,43)/b7-5-,8-6-,16-11-,18-12-/t34-,35+/m0/s1. The summed E-state index contributed by atoms with van der Waals surface area (Å²) in [5.74, 6) is -0.206. The first kappa shape index (κ1) is 45.0. The Labute approximate surface area is 285 Å². The second-order valence-electron chi connectivity index (χ2n) is 12.6. The summed E-state index contributed by atoms with van der Waals surface area (Å²) in [6.45, 7) is 5.44. The maximum absolute atomic E-state index is 12.3. The van der Waals surface area contributed by atoms with Gasteiger partial charge in [-0.15, -0.1) is 0 Å². The molecule has 0 amide bonds. The van der Waals surface area contributed by atoms with E-state index in [1.165, 1.54) is 32.1 Å². The normalized spacial score (nSPS) is 13.9. The number of carbonyl (C=O) groups excluding carboxylic acids is 2. The highest BCUT2D eigenvalue weighted by atomic mass is 31.2. The van der Waals surface area contributed by atoms with Crippen LogP contribution in [0.4, 0.5) is 0 Å². The minimum absolute atomic E-state index is 0.123. The molecule has 0 rings (SSSR count). The van der Waals surface area contributed by atoms with Crippen LogP contribution in [0.3, 0.4) is 0 Å². The number of hydrogen-bond donors (Lipinski definition) is 3. The van der Waals surface area contributed by atoms with Gasteiger partial charge in [0, 0.05) is 12.8 Å². The minimum Gasteiger partial charge on any atom is -0.462 e. The number of carbonyl (C=O) groups is 2. The number of allylic oxidation sites excluding steroid dienone is 8. The zero-order valence-electron chi connectivity index (χ0n) is 29.4. The fourth-order valence-corrected chi connectivity index (χ4v) is 4.99. The van der Waals surface area contributed by atoms with Gasteiger partial charge in [0.1, 0.15) is 6.61 Å². The van der Waals surface area contributed by atoms with Crippen molar-refractivity contribution >= 4 is 19.8 Å². The maximum Gasteiger partial charge on any atom is 0.469 e. The number of aliphatic hydroxyl groups is 1. The number of unbranched alkanes of at least 4 members (excludes halogenated alkanes) is 9. The average Bonchev–Trinajstić information content (AvgIpc) is 3.00. The van der Waals surface area contributed by atoms with Crippen molar-refractivity contribution in [1.29, 1.82) is 0 Å². The third-order valence-corrected chi connectivity index (χ3v) is 7.78. The summed E-state index contributed by atoms with van der Waals surface area (Å²) in [6.07, 6.45) is 32.7. The molecule has 0 spiro atoms. The fraction of sp³-hybridized carbons (Fsp3) is 0.730. The summed E-state index contributed by atoms with van der Waals surface area (Å²) in [7, 11) is -4.77. The van der Waals surface area contributed by atoms with Gasteiger partial charge in [0.15, 0.2) is 6.10 Å². The van der Waals surface area contributed by atoms with Crippen LogP contribution in [0.5, 0.6) is 0 Å². The van der Waals surface area contributed by atoms with E-state index >= 15 is 0 Å². The van der Waals surface area contributed by atoms with Gasteiger partial charge in [-0.05, 0) is 70.6 Å². The molecule has 2 atom stereocenters. The summed E-state index contributed by atoms with van der Waals surface area (Å²) >= 11 is 0. The molecule has 0 aliphatic rings. The summed E-state index contributed by atoms with van der Waals surface area (Å²) < 4.78 is 26.2. The predicted octanol–water partition coefficient (Wildman–Crippen LogP) is 9.22. The van der Waals surface area contributed by atoms with Gasteiger partial charge in [0.2, 0.25) is 0 Å². The maximum atomic E-state index is 12.3. The number of aliphatic hydroxyl groups excluding tert-OH is 1. The van der Waals surface area contributed by atoms with E-state index in [1.807, 2.05) is 19.1 Å². The Balaban J connectivity index is 4.12. The van der Waals surface area contributed by atoms with Crippen LogP contribution in [0.25, 0.3) is 0 Å². The molecule has 0 saturated heterocycles. The molecule has 0 aromatic rings. The molecular formula is C37H65O9P. The van der Waals surface area contributed by atoms with Crippen molar-refractivity contribution in [3.8, 4) is 0 Å². The van der Waals surface area contributed by atoms with Crippen molar-refractivity contribution in [3.05, 3.63) is 48.6 Å². The molecule has 0 unspecified atom stereocenters. The van der Waals surface area contributed by atoms with Crippen molar-refractivity contribution in [2.45, 2.75) is 155 Å². The molecule has 0 aliphatic heterocycles. The Morgan fingerprint density at radius 3 is 1.64 bits per heavy atom. The van der Waals surface area contributed by atoms with Crippen molar-refractivity contribution in [1.82, 2.24) is 0 Å². The number of phosphoric ester groups is 1. The van der Waals surface area contributed by atoms with E-state index in [0.717, 1.165) is 63.7 Å². The quantitative estimate of drug-likeness (QED) is 0.0282. The van der Waals surface area contributed by atoms with Crippen molar-refractivity contribution in [2.75, 3.05) is 13.2 Å². The van der Waals surface area contributed by atoms with E-state index in [-0.39, 0.29) is 25.6 Å². The number of ether oxygens (including phenoxy) is 2. The van der Waals surface area contributed by atoms with Crippen LogP contribution < -0.4 is 0 Å². The van der Waals surface area contributed by atoms with Crippen molar-refractivity contribution < 1.29 is 43.0 Å². The monoisotopic (exact) mass is 684 g/mol. The van der Waals surface area contributed by atoms with Crippen LogP contribution in [0, 0.1) is 5.92 Å². The molecule has 0 heterocycles. The average molecular weight is 685 g/mol. The Bertz CT molecular complexity index is 934. The molecule has 272 valence electrons. The van der Waals surface area contributed by atoms with E-state index in [1.54, 1.807) is 0 Å². The molecule has 0 radical (unpaired) electrons. The summed E-state index contributed by atoms with van der Waals surface area (Å²) in [5.41, 5.74) is 0. The van der Waals surface area contributed by atoms with Crippen LogP contribution in [-0.2, 0) is 28.2 Å². The van der Waals surface area contributed by atoms with Crippen LogP contribution in [-0.4, -0.2) is 52.3 Å². The van der Waals surface area contributed by atoms with E-state index in [0.29, 0.717) is 19.3 Å². The highest BCUT2D eigenvalue weighted by Crippen LogP contribution is 2.35. The molecule has 9 nitrogen and oxygen atoms in total. The van der Waals surface area contributed by atoms with E-state index in [9.17, 15) is 19.3 Å². The Morgan fingerprint density at radius 2 is 1.11 bits per heavy atom. The predicted molar refractivity (Wildman–Crippen MR) is 190 cm³/mol. The smallest absolute Gasteiger partial charge is 0.462 e. The summed E-state index contributed by atoms with van der Waals surface area (Å²) in [5, 5.41) is 9.23. The van der Waals surface area contributed by atoms with Gasteiger partial charge in [0.05, 0.1) is 12.7 Å². The molecule has 0 bridgehead atoms. The highest BCUT2D eigenvalue weighted by Gasteiger charge is 2.22. The summed E-state index contributed by atoms with van der Waals surface area (Å²) in [4.78, 5) is 42.6. The zero-order valence-corrected chi connectivity index (χ0v) is 30.3. The van der Waals surface area contributed by atoms with Gasteiger partial charge in [-0.2, -0.15) is 0 Å². The number of esters is 2. The van der Waals surface area contributed by atoms with Gasteiger partial charge in [-0.1, -0.05) is 114 Å². The topological polar surface area (TPSA) is 140 Å². The van der Waals surface area contributed by atoms with Gasteiger partial charge >= 0.3 is 19.8 Å². The molecule has 3 N–H and O–H groups in total. The van der Waals surface area contributed by atoms with Gasteiger partial charge in [-0.25, -0.2) is 4.57 Å². The van der Waals surface area contributed by atoms with E-state index in [4.69, 9.17) is 19.3 Å². The number of phosphoric acid groups is 1. The first-order chi connectivity index (χ1) is 22.5. The second kappa shape index (κ2) is 31.3. The van der Waals surface area contributed by atoms with Gasteiger partial charge in [-0.3, -0.25) is 14.1 Å². The molecule has 0 saturated carbocycles. The molecule has 0 aromatic heterocycles. The van der Waals surface area contributed by atoms with Crippen LogP contribution in [0.2, 0.25) is 0 Å². The Kier molecular flexibility index (Phi) is 29.9. The minimum atomic E-state index is -4.77. The van der Waals surface area contributed by atoms with Crippen molar-refractivity contribution in [3.63, 3.8) is 0 Å². The SMILES string of the molecule is CC(C)CCCCCCCCCCC(=O)OC[C@H](COP(=O)(O)O)OC(=O)CCC/C=C\C/C=C\C/C=C\C/C=C\CCC[C@H](C)O. The molecule has 0 fully saturated rings. The number of hydrogen-bond acceptors (Lipinski definition) is 7. The van der Waals surface area contributed by atoms with E-state index < -0.39 is 32.5 Å². The molecule has 0 aliphatic carbocycles. The van der Waals surface area contributed by atoms with Crippen molar-refractivity contribution in [2.24, 2.45) is 5.92 Å². The second-order valence-corrected chi connectivity index (χ2v) is 13.8. The first-order valence-electron chi connectivity index (χ1n) is 17.8. The molecule has 47 heavy (non-hydrogen) atoms. The highest BCUT2D eigenvalue weighted by molar-refractivity contribution is 7.46. The third-order valence-electron chi connectivity index (χ3n) is 7.30. The van der Waals surface area contributed by atoms with Crippen LogP contribution in [0.15, 0.2) is 48.6 Å². The fourth-order valence-electron chi connectivity index (χ4n) is 4.63. The summed E-state index contributed by atoms with van der Waals surface area (Å²) in [6, 6.07) is 0. The molecule has 10 heteroatoms. The zero-order chi connectivity index (χ0) is 35.0. The largest absolute Gasteiger partial charge is 0.469 e. The van der Waals surface area contributed by atoms with Crippen LogP contribution in [0.1, 0.15) is 143 Å². The molecule has 0 aromatic carbocycles. The lowest BCUT2D eigenvalue weighted by atomic mass is 10.0. The van der Waals surface area contributed by atoms with Gasteiger partial charge in [0.25, 0.3) is 0 Å². The number of rotatable bonds is 31. The lowest BCUT2D eigenvalue weighted by molar-refractivity contribution is -0.161. The Hall–Kier alpha value is -2.03. The third kappa shape index (κ3) is 36.7. The van der Waals surface area contributed by atoms with E-state index in [2.05, 4.69) is 54.8 Å². The lowest BCUT2D eigenvalue weighted by Crippen LogP contribution is -2.29. The van der Waals surface area contributed by atoms with Crippen LogP contribution >= 0.6 is 7.82 Å². The first-order valence-corrected chi connectivity index (χ1v) is 19.4.